The second kappa shape index (κ2) is 8.37. The highest BCUT2D eigenvalue weighted by Crippen LogP contribution is 2.28. The molecule has 1 unspecified atom stereocenters. The lowest BCUT2D eigenvalue weighted by Crippen LogP contribution is -2.57. The average molecular weight is 384 g/mol. The van der Waals surface area contributed by atoms with E-state index in [0.717, 1.165) is 6.26 Å². The number of carbonyl (C=O) groups is 1. The lowest BCUT2D eigenvalue weighted by Gasteiger charge is -2.34. The van der Waals surface area contributed by atoms with Gasteiger partial charge in [0.05, 0.1) is 12.2 Å². The van der Waals surface area contributed by atoms with Gasteiger partial charge in [-0.1, -0.05) is 12.1 Å². The number of hydrogen-bond acceptors (Lipinski definition) is 6. The van der Waals surface area contributed by atoms with E-state index < -0.39 is 26.6 Å². The van der Waals surface area contributed by atoms with Crippen LogP contribution in [0, 0.1) is 0 Å². The van der Waals surface area contributed by atoms with Crippen LogP contribution in [0.1, 0.15) is 38.4 Å². The SMILES string of the molecule is CC(C)Oc1cccc(C(O)CNC(=O)C2(S(C)(=O)=O)CCNCC2)c1. The Labute approximate surface area is 155 Å². The van der Waals surface area contributed by atoms with Crippen LogP contribution in [0.5, 0.6) is 5.75 Å². The van der Waals surface area contributed by atoms with E-state index in [9.17, 15) is 18.3 Å². The number of rotatable bonds is 7. The molecule has 0 spiro atoms. The van der Waals surface area contributed by atoms with Gasteiger partial charge in [0.2, 0.25) is 5.91 Å². The van der Waals surface area contributed by atoms with E-state index in [2.05, 4.69) is 10.6 Å². The van der Waals surface area contributed by atoms with Crippen LogP contribution < -0.4 is 15.4 Å². The highest BCUT2D eigenvalue weighted by atomic mass is 32.2. The summed E-state index contributed by atoms with van der Waals surface area (Å²) in [5, 5.41) is 16.1. The van der Waals surface area contributed by atoms with Gasteiger partial charge in [0.1, 0.15) is 5.75 Å². The zero-order valence-corrected chi connectivity index (χ0v) is 16.3. The van der Waals surface area contributed by atoms with Crippen molar-refractivity contribution in [3.63, 3.8) is 0 Å². The molecule has 0 aromatic heterocycles. The maximum atomic E-state index is 12.7. The van der Waals surface area contributed by atoms with Crippen LogP contribution >= 0.6 is 0 Å². The summed E-state index contributed by atoms with van der Waals surface area (Å²) in [7, 11) is -3.57. The lowest BCUT2D eigenvalue weighted by atomic mass is 9.95. The molecule has 8 heteroatoms. The van der Waals surface area contributed by atoms with E-state index in [1.54, 1.807) is 24.3 Å². The molecule has 0 radical (unpaired) electrons. The number of amides is 1. The second-order valence-corrected chi connectivity index (χ2v) is 9.31. The lowest BCUT2D eigenvalue weighted by molar-refractivity contribution is -0.124. The van der Waals surface area contributed by atoms with Gasteiger partial charge in [0, 0.05) is 12.8 Å². The van der Waals surface area contributed by atoms with Crippen molar-refractivity contribution in [1.82, 2.24) is 10.6 Å². The molecule has 0 saturated carbocycles. The molecular formula is C18H28N2O5S. The van der Waals surface area contributed by atoms with Crippen molar-refractivity contribution >= 4 is 15.7 Å². The molecule has 7 nitrogen and oxygen atoms in total. The predicted octanol–water partition coefficient (Wildman–Crippen LogP) is 0.790. The first-order chi connectivity index (χ1) is 12.2. The third kappa shape index (κ3) is 4.75. The van der Waals surface area contributed by atoms with Gasteiger partial charge in [-0.25, -0.2) is 8.42 Å². The molecule has 2 rings (SSSR count). The van der Waals surface area contributed by atoms with Gasteiger partial charge in [-0.05, 0) is 57.5 Å². The fourth-order valence-corrected chi connectivity index (χ4v) is 4.49. The Kier molecular flexibility index (Phi) is 6.65. The van der Waals surface area contributed by atoms with Gasteiger partial charge in [0.25, 0.3) is 0 Å². The maximum Gasteiger partial charge on any atom is 0.241 e. The van der Waals surface area contributed by atoms with Crippen LogP contribution in [0.25, 0.3) is 0 Å². The number of piperidine rings is 1. The summed E-state index contributed by atoms with van der Waals surface area (Å²) in [5.41, 5.74) is 0.599. The topological polar surface area (TPSA) is 105 Å². The minimum Gasteiger partial charge on any atom is -0.491 e. The number of carbonyl (C=O) groups excluding carboxylic acids is 1. The van der Waals surface area contributed by atoms with Crippen LogP contribution in [-0.4, -0.2) is 56.2 Å². The smallest absolute Gasteiger partial charge is 0.241 e. The number of aliphatic hydroxyl groups excluding tert-OH is 1. The predicted molar refractivity (Wildman–Crippen MR) is 99.9 cm³/mol. The third-order valence-corrected chi connectivity index (χ3v) is 6.62. The number of aliphatic hydroxyl groups is 1. The van der Waals surface area contributed by atoms with Crippen molar-refractivity contribution in [3.8, 4) is 5.75 Å². The van der Waals surface area contributed by atoms with Gasteiger partial charge in [0.15, 0.2) is 14.6 Å². The Bertz CT molecular complexity index is 727. The first-order valence-electron chi connectivity index (χ1n) is 8.79. The summed E-state index contributed by atoms with van der Waals surface area (Å²) in [6.07, 6.45) is 0.613. The van der Waals surface area contributed by atoms with Gasteiger partial charge in [-0.2, -0.15) is 0 Å². The molecule has 1 aliphatic heterocycles. The molecule has 1 aromatic carbocycles. The minimum absolute atomic E-state index is 0.0108. The highest BCUT2D eigenvalue weighted by Gasteiger charge is 2.48. The van der Waals surface area contributed by atoms with E-state index >= 15 is 0 Å². The molecule has 1 fully saturated rings. The monoisotopic (exact) mass is 384 g/mol. The van der Waals surface area contributed by atoms with Gasteiger partial charge in [-0.3, -0.25) is 4.79 Å². The normalized spacial score (nSPS) is 18.3. The molecule has 1 aromatic rings. The minimum atomic E-state index is -3.57. The molecule has 1 amide bonds. The second-order valence-electron chi connectivity index (χ2n) is 6.98. The first kappa shape index (κ1) is 20.7. The molecule has 0 aliphatic carbocycles. The van der Waals surface area contributed by atoms with Crippen LogP contribution in [0.2, 0.25) is 0 Å². The Morgan fingerprint density at radius 2 is 2.00 bits per heavy atom. The van der Waals surface area contributed by atoms with E-state index in [4.69, 9.17) is 4.74 Å². The summed E-state index contributed by atoms with van der Waals surface area (Å²) >= 11 is 0. The van der Waals surface area contributed by atoms with Crippen molar-refractivity contribution in [1.29, 1.82) is 0 Å². The van der Waals surface area contributed by atoms with Crippen LogP contribution in [0.15, 0.2) is 24.3 Å². The number of ether oxygens (including phenoxy) is 1. The fraction of sp³-hybridized carbons (Fsp3) is 0.611. The van der Waals surface area contributed by atoms with Crippen molar-refractivity contribution < 1.29 is 23.1 Å². The number of hydrogen-bond donors (Lipinski definition) is 3. The number of nitrogens with one attached hydrogen (secondary N) is 2. The molecular weight excluding hydrogens is 356 g/mol. The van der Waals surface area contributed by atoms with E-state index in [1.807, 2.05) is 13.8 Å². The molecule has 146 valence electrons. The Hall–Kier alpha value is -1.64. The van der Waals surface area contributed by atoms with Gasteiger partial charge in [-0.15, -0.1) is 0 Å². The summed E-state index contributed by atoms with van der Waals surface area (Å²) < 4.78 is 28.7. The summed E-state index contributed by atoms with van der Waals surface area (Å²) in [5.74, 6) is 0.0870. The zero-order chi connectivity index (χ0) is 19.4. The molecule has 3 N–H and O–H groups in total. The Morgan fingerprint density at radius 3 is 2.58 bits per heavy atom. The van der Waals surface area contributed by atoms with E-state index in [0.29, 0.717) is 24.4 Å². The van der Waals surface area contributed by atoms with Gasteiger partial charge < -0.3 is 20.5 Å². The standard InChI is InChI=1S/C18H28N2O5S/c1-13(2)25-15-6-4-5-14(11-15)16(21)12-20-17(22)18(26(3,23)24)7-9-19-10-8-18/h4-6,11,13,16,19,21H,7-10,12H2,1-3H3,(H,20,22). The van der Waals surface area contributed by atoms with Crippen LogP contribution in [0.4, 0.5) is 0 Å². The molecule has 1 aliphatic rings. The highest BCUT2D eigenvalue weighted by molar-refractivity contribution is 7.92. The molecule has 1 atom stereocenters. The zero-order valence-electron chi connectivity index (χ0n) is 15.5. The summed E-state index contributed by atoms with van der Waals surface area (Å²) in [6.45, 7) is 4.70. The van der Waals surface area contributed by atoms with Gasteiger partial charge >= 0.3 is 0 Å². The Morgan fingerprint density at radius 1 is 1.35 bits per heavy atom. The van der Waals surface area contributed by atoms with Crippen molar-refractivity contribution in [3.05, 3.63) is 29.8 Å². The van der Waals surface area contributed by atoms with Crippen molar-refractivity contribution in [2.45, 2.75) is 43.6 Å². The summed E-state index contributed by atoms with van der Waals surface area (Å²) in [4.78, 5) is 12.7. The van der Waals surface area contributed by atoms with Crippen molar-refractivity contribution in [2.75, 3.05) is 25.9 Å². The fourth-order valence-electron chi connectivity index (χ4n) is 3.13. The summed E-state index contributed by atoms with van der Waals surface area (Å²) in [6, 6.07) is 7.01. The quantitative estimate of drug-likeness (QED) is 0.642. The van der Waals surface area contributed by atoms with Crippen LogP contribution in [-0.2, 0) is 14.6 Å². The third-order valence-electron chi connectivity index (χ3n) is 4.61. The molecule has 1 heterocycles. The number of sulfone groups is 1. The largest absolute Gasteiger partial charge is 0.491 e. The average Bonchev–Trinajstić information content (AvgIpc) is 2.58. The number of benzene rings is 1. The van der Waals surface area contributed by atoms with Crippen molar-refractivity contribution in [2.24, 2.45) is 0 Å². The van der Waals surface area contributed by atoms with Crippen LogP contribution in [0.3, 0.4) is 0 Å². The van der Waals surface area contributed by atoms with E-state index in [-0.39, 0.29) is 25.5 Å². The molecule has 1 saturated heterocycles. The maximum absolute atomic E-state index is 12.7. The van der Waals surface area contributed by atoms with E-state index in [1.165, 1.54) is 0 Å². The molecule has 26 heavy (non-hydrogen) atoms. The first-order valence-corrected chi connectivity index (χ1v) is 10.7. The Balaban J connectivity index is 2.06. The molecule has 0 bridgehead atoms.